The highest BCUT2D eigenvalue weighted by Crippen LogP contribution is 2.18. The molecule has 120 valence electrons. The lowest BCUT2D eigenvalue weighted by atomic mass is 10.2. The summed E-state index contributed by atoms with van der Waals surface area (Å²) in [5, 5.41) is 2.88. The van der Waals surface area contributed by atoms with Gasteiger partial charge >= 0.3 is 0 Å². The first-order valence-corrected chi connectivity index (χ1v) is 8.17. The number of nitrogens with one attached hydrogen (secondary N) is 1. The van der Waals surface area contributed by atoms with E-state index in [1.54, 1.807) is 6.07 Å². The number of nitrogens with zero attached hydrogens (tertiary/aromatic N) is 3. The Balaban J connectivity index is 1.73. The Bertz CT molecular complexity index is 661. The minimum absolute atomic E-state index is 0.202. The van der Waals surface area contributed by atoms with Gasteiger partial charge < -0.3 is 10.2 Å². The molecule has 5 heteroatoms. The molecule has 1 aliphatic heterocycles. The average Bonchev–Trinajstić information content (AvgIpc) is 2.86. The number of aromatic nitrogens is 2. The number of anilines is 2. The van der Waals surface area contributed by atoms with E-state index >= 15 is 0 Å². The lowest BCUT2D eigenvalue weighted by Crippen LogP contribution is -2.25. The molecule has 3 rings (SSSR count). The van der Waals surface area contributed by atoms with Crippen LogP contribution in [-0.2, 0) is 0 Å². The zero-order chi connectivity index (χ0) is 16.1. The van der Waals surface area contributed by atoms with Gasteiger partial charge in [0.2, 0.25) is 0 Å². The average molecular weight is 310 g/mol. The van der Waals surface area contributed by atoms with Gasteiger partial charge in [-0.1, -0.05) is 30.5 Å². The van der Waals surface area contributed by atoms with E-state index in [-0.39, 0.29) is 5.91 Å². The van der Waals surface area contributed by atoms with Crippen molar-refractivity contribution in [1.82, 2.24) is 9.97 Å². The lowest BCUT2D eigenvalue weighted by molar-refractivity contribution is 0.102. The largest absolute Gasteiger partial charge is 0.357 e. The van der Waals surface area contributed by atoms with Gasteiger partial charge in [-0.15, -0.1) is 0 Å². The third-order valence-electron chi connectivity index (χ3n) is 4.12. The number of aryl methyl sites for hydroxylation is 1. The fourth-order valence-corrected chi connectivity index (χ4v) is 2.78. The Labute approximate surface area is 136 Å². The predicted octanol–water partition coefficient (Wildman–Crippen LogP) is 3.42. The molecule has 0 saturated carbocycles. The van der Waals surface area contributed by atoms with Crippen LogP contribution in [0, 0.1) is 6.92 Å². The summed E-state index contributed by atoms with van der Waals surface area (Å²) in [6.45, 7) is 4.01. The summed E-state index contributed by atoms with van der Waals surface area (Å²) in [5.74, 6) is 0.642. The summed E-state index contributed by atoms with van der Waals surface area (Å²) in [5.41, 5.74) is 2.34. The molecule has 1 amide bonds. The highest BCUT2D eigenvalue weighted by atomic mass is 16.1. The number of benzene rings is 1. The molecule has 2 aromatic rings. The molecule has 1 saturated heterocycles. The third-order valence-corrected chi connectivity index (χ3v) is 4.12. The van der Waals surface area contributed by atoms with E-state index in [2.05, 4.69) is 20.2 Å². The maximum Gasteiger partial charge on any atom is 0.274 e. The molecular formula is C18H22N4O. The van der Waals surface area contributed by atoms with Gasteiger partial charge in [-0.2, -0.15) is 0 Å². The van der Waals surface area contributed by atoms with Crippen molar-refractivity contribution in [1.29, 1.82) is 0 Å². The van der Waals surface area contributed by atoms with E-state index in [4.69, 9.17) is 0 Å². The Morgan fingerprint density at radius 1 is 1.04 bits per heavy atom. The summed E-state index contributed by atoms with van der Waals surface area (Å²) >= 11 is 0. The molecule has 2 heterocycles. The van der Waals surface area contributed by atoms with Gasteiger partial charge in [0.05, 0.1) is 0 Å². The highest BCUT2D eigenvalue weighted by Gasteiger charge is 2.14. The first-order chi connectivity index (χ1) is 11.2. The zero-order valence-corrected chi connectivity index (χ0v) is 13.5. The summed E-state index contributed by atoms with van der Waals surface area (Å²) in [4.78, 5) is 23.1. The van der Waals surface area contributed by atoms with Crippen LogP contribution in [0.3, 0.4) is 0 Å². The van der Waals surface area contributed by atoms with Gasteiger partial charge in [0.15, 0.2) is 0 Å². The molecule has 0 bridgehead atoms. The van der Waals surface area contributed by atoms with Crippen molar-refractivity contribution >= 4 is 17.4 Å². The predicted molar refractivity (Wildman–Crippen MR) is 91.8 cm³/mol. The summed E-state index contributed by atoms with van der Waals surface area (Å²) in [6, 6.07) is 9.51. The fraction of sp³-hybridized carbons (Fsp3) is 0.389. The molecule has 1 fully saturated rings. The normalized spacial score (nSPS) is 15.1. The van der Waals surface area contributed by atoms with Gasteiger partial charge in [0, 0.05) is 24.8 Å². The van der Waals surface area contributed by atoms with Crippen molar-refractivity contribution < 1.29 is 4.79 Å². The smallest absolute Gasteiger partial charge is 0.274 e. The number of carbonyl (C=O) groups is 1. The molecule has 0 unspecified atom stereocenters. The summed E-state index contributed by atoms with van der Waals surface area (Å²) in [7, 11) is 0. The molecule has 1 aromatic carbocycles. The number of hydrogen-bond acceptors (Lipinski definition) is 4. The van der Waals surface area contributed by atoms with E-state index < -0.39 is 0 Å². The molecule has 1 aromatic heterocycles. The second-order valence-electron chi connectivity index (χ2n) is 5.98. The summed E-state index contributed by atoms with van der Waals surface area (Å²) < 4.78 is 0. The van der Waals surface area contributed by atoms with Crippen LogP contribution in [0.25, 0.3) is 0 Å². The first kappa shape index (κ1) is 15.5. The monoisotopic (exact) mass is 310 g/mol. The standard InChI is InChI=1S/C18H22N4O/c1-14-6-8-15(9-7-14)21-18(23)16-12-17(20-13-19-16)22-10-4-2-3-5-11-22/h6-9,12-13H,2-5,10-11H2,1H3,(H,21,23). The second-order valence-corrected chi connectivity index (χ2v) is 5.98. The van der Waals surface area contributed by atoms with Crippen LogP contribution in [-0.4, -0.2) is 29.0 Å². The van der Waals surface area contributed by atoms with Gasteiger partial charge in [0.1, 0.15) is 17.8 Å². The topological polar surface area (TPSA) is 58.1 Å². The molecule has 1 aliphatic rings. The van der Waals surface area contributed by atoms with Gasteiger partial charge in [0.25, 0.3) is 5.91 Å². The van der Waals surface area contributed by atoms with E-state index in [1.807, 2.05) is 31.2 Å². The van der Waals surface area contributed by atoms with Crippen molar-refractivity contribution in [2.75, 3.05) is 23.3 Å². The van der Waals surface area contributed by atoms with Crippen LogP contribution in [0.4, 0.5) is 11.5 Å². The highest BCUT2D eigenvalue weighted by molar-refractivity contribution is 6.03. The SMILES string of the molecule is Cc1ccc(NC(=O)c2cc(N3CCCCCC3)ncn2)cc1. The molecule has 23 heavy (non-hydrogen) atoms. The van der Waals surface area contributed by atoms with Crippen LogP contribution in [0.15, 0.2) is 36.7 Å². The maximum absolute atomic E-state index is 12.4. The molecule has 0 aliphatic carbocycles. The quantitative estimate of drug-likeness (QED) is 0.943. The van der Waals surface area contributed by atoms with E-state index in [0.717, 1.165) is 30.2 Å². The molecule has 0 atom stereocenters. The molecule has 1 N–H and O–H groups in total. The maximum atomic E-state index is 12.4. The Morgan fingerprint density at radius 3 is 2.43 bits per heavy atom. The van der Waals surface area contributed by atoms with Crippen LogP contribution in [0.5, 0.6) is 0 Å². The minimum atomic E-state index is -0.202. The summed E-state index contributed by atoms with van der Waals surface area (Å²) in [6.07, 6.45) is 6.36. The van der Waals surface area contributed by atoms with Crippen molar-refractivity contribution in [2.45, 2.75) is 32.6 Å². The van der Waals surface area contributed by atoms with Gasteiger partial charge in [-0.05, 0) is 31.9 Å². The van der Waals surface area contributed by atoms with Crippen molar-refractivity contribution in [2.24, 2.45) is 0 Å². The molecular weight excluding hydrogens is 288 g/mol. The Morgan fingerprint density at radius 2 is 1.74 bits per heavy atom. The van der Waals surface area contributed by atoms with Gasteiger partial charge in [-0.3, -0.25) is 4.79 Å². The van der Waals surface area contributed by atoms with E-state index in [1.165, 1.54) is 32.0 Å². The molecule has 5 nitrogen and oxygen atoms in total. The van der Waals surface area contributed by atoms with Crippen molar-refractivity contribution in [3.8, 4) is 0 Å². The van der Waals surface area contributed by atoms with E-state index in [0.29, 0.717) is 5.69 Å². The third kappa shape index (κ3) is 4.06. The number of rotatable bonds is 3. The fourth-order valence-electron chi connectivity index (χ4n) is 2.78. The van der Waals surface area contributed by atoms with E-state index in [9.17, 15) is 4.79 Å². The molecule has 0 spiro atoms. The van der Waals surface area contributed by atoms with Gasteiger partial charge in [-0.25, -0.2) is 9.97 Å². The first-order valence-electron chi connectivity index (χ1n) is 8.17. The second kappa shape index (κ2) is 7.22. The molecule has 0 radical (unpaired) electrons. The van der Waals surface area contributed by atoms with Crippen LogP contribution < -0.4 is 10.2 Å². The van der Waals surface area contributed by atoms with Crippen LogP contribution >= 0.6 is 0 Å². The Kier molecular flexibility index (Phi) is 4.86. The zero-order valence-electron chi connectivity index (χ0n) is 13.5. The Hall–Kier alpha value is -2.43. The van der Waals surface area contributed by atoms with Crippen LogP contribution in [0.2, 0.25) is 0 Å². The van der Waals surface area contributed by atoms with Crippen LogP contribution in [0.1, 0.15) is 41.7 Å². The minimum Gasteiger partial charge on any atom is -0.357 e. The number of carbonyl (C=O) groups excluding carboxylic acids is 1. The number of amides is 1. The lowest BCUT2D eigenvalue weighted by Gasteiger charge is -2.21. The number of hydrogen-bond donors (Lipinski definition) is 1. The van der Waals surface area contributed by atoms with Crippen molar-refractivity contribution in [3.63, 3.8) is 0 Å². The van der Waals surface area contributed by atoms with Crippen molar-refractivity contribution in [3.05, 3.63) is 47.9 Å².